The average molecular weight is 536 g/mol. The molecule has 2 aliphatic heterocycles. The monoisotopic (exact) mass is 535 g/mol. The normalized spacial score (nSPS) is 15.7. The molecule has 38 heavy (non-hydrogen) atoms. The molecule has 0 spiro atoms. The van der Waals surface area contributed by atoms with Crippen molar-refractivity contribution in [2.24, 2.45) is 0 Å². The number of amides is 1. The minimum atomic E-state index is -3.70. The van der Waals surface area contributed by atoms with Gasteiger partial charge in [0.15, 0.2) is 6.61 Å². The van der Waals surface area contributed by atoms with Gasteiger partial charge in [-0.15, -0.1) is 0 Å². The minimum Gasteiger partial charge on any atom is -0.497 e. The van der Waals surface area contributed by atoms with E-state index in [9.17, 15) is 13.2 Å². The van der Waals surface area contributed by atoms with Gasteiger partial charge in [0.05, 0.1) is 17.7 Å². The molecular weight excluding hydrogens is 502 g/mol. The third kappa shape index (κ3) is 5.29. The van der Waals surface area contributed by atoms with E-state index in [1.165, 1.54) is 4.31 Å². The Labute approximate surface area is 224 Å². The quantitative estimate of drug-likeness (QED) is 0.457. The molecule has 0 atom stereocenters. The van der Waals surface area contributed by atoms with Gasteiger partial charge in [-0.1, -0.05) is 18.2 Å². The Kier molecular flexibility index (Phi) is 7.46. The first-order valence-corrected chi connectivity index (χ1v) is 14.3. The van der Waals surface area contributed by atoms with Crippen LogP contribution >= 0.6 is 0 Å². The van der Waals surface area contributed by atoms with Gasteiger partial charge in [-0.2, -0.15) is 0 Å². The highest BCUT2D eigenvalue weighted by Crippen LogP contribution is 2.33. The van der Waals surface area contributed by atoms with E-state index in [0.29, 0.717) is 30.9 Å². The maximum Gasteiger partial charge on any atom is 0.264 e. The molecular formula is C29H33N3O5S. The van der Waals surface area contributed by atoms with Crippen molar-refractivity contribution in [1.29, 1.82) is 0 Å². The molecule has 0 bridgehead atoms. The summed E-state index contributed by atoms with van der Waals surface area (Å²) in [4.78, 5) is 17.1. The van der Waals surface area contributed by atoms with Crippen molar-refractivity contribution in [3.63, 3.8) is 0 Å². The number of nitrogens with zero attached hydrogens (tertiary/aromatic N) is 3. The SMILES string of the molecule is COc1ccc(N2CCN(C(=O)COc3ccc(S(=O)(=O)N4CCCc5ccccc54)cc3C)CC2)cc1. The molecule has 1 saturated heterocycles. The summed E-state index contributed by atoms with van der Waals surface area (Å²) in [6, 6.07) is 20.4. The summed E-state index contributed by atoms with van der Waals surface area (Å²) in [6.45, 7) is 4.87. The molecule has 3 aromatic rings. The fourth-order valence-electron chi connectivity index (χ4n) is 5.06. The third-order valence-electron chi connectivity index (χ3n) is 7.22. The van der Waals surface area contributed by atoms with E-state index >= 15 is 0 Å². The number of rotatable bonds is 7. The number of fused-ring (bicyclic) bond motifs is 1. The smallest absolute Gasteiger partial charge is 0.264 e. The lowest BCUT2D eigenvalue weighted by atomic mass is 10.0. The van der Waals surface area contributed by atoms with Crippen molar-refractivity contribution in [1.82, 2.24) is 4.90 Å². The molecule has 2 heterocycles. The van der Waals surface area contributed by atoms with Crippen LogP contribution < -0.4 is 18.7 Å². The van der Waals surface area contributed by atoms with E-state index in [0.717, 1.165) is 48.6 Å². The second kappa shape index (κ2) is 10.9. The number of anilines is 2. The molecule has 0 aromatic heterocycles. The Morgan fingerprint density at radius 2 is 1.66 bits per heavy atom. The molecule has 0 saturated carbocycles. The van der Waals surface area contributed by atoms with Crippen LogP contribution in [0.1, 0.15) is 17.5 Å². The van der Waals surface area contributed by atoms with E-state index in [1.807, 2.05) is 53.4 Å². The number of methoxy groups -OCH3 is 1. The van der Waals surface area contributed by atoms with Gasteiger partial charge >= 0.3 is 0 Å². The fraction of sp³-hybridized carbons (Fsp3) is 0.345. The number of carbonyl (C=O) groups excluding carboxylic acids is 1. The first-order chi connectivity index (χ1) is 18.4. The lowest BCUT2D eigenvalue weighted by molar-refractivity contribution is -0.133. The topological polar surface area (TPSA) is 79.4 Å². The standard InChI is InChI=1S/C29H33N3O5S/c1-22-20-26(38(34,35)32-15-5-7-23-6-3-4-8-27(23)32)13-14-28(22)37-21-29(33)31-18-16-30(17-19-31)24-9-11-25(36-2)12-10-24/h3-4,6,8-14,20H,5,7,15-19,21H2,1-2H3. The van der Waals surface area contributed by atoms with Crippen LogP contribution in [0.3, 0.4) is 0 Å². The van der Waals surface area contributed by atoms with Crippen molar-refractivity contribution < 1.29 is 22.7 Å². The van der Waals surface area contributed by atoms with Crippen LogP contribution in [-0.4, -0.2) is 65.7 Å². The zero-order valence-corrected chi connectivity index (χ0v) is 22.6. The number of hydrogen-bond donors (Lipinski definition) is 0. The molecule has 8 nitrogen and oxygen atoms in total. The Balaban J connectivity index is 1.18. The van der Waals surface area contributed by atoms with Gasteiger partial charge in [0, 0.05) is 38.4 Å². The van der Waals surface area contributed by atoms with E-state index in [2.05, 4.69) is 4.90 Å². The van der Waals surface area contributed by atoms with Crippen molar-refractivity contribution in [3.05, 3.63) is 77.9 Å². The van der Waals surface area contributed by atoms with Gasteiger partial charge < -0.3 is 19.3 Å². The average Bonchev–Trinajstić information content (AvgIpc) is 2.96. The first-order valence-electron chi connectivity index (χ1n) is 12.9. The molecule has 9 heteroatoms. The lowest BCUT2D eigenvalue weighted by Gasteiger charge is -2.36. The van der Waals surface area contributed by atoms with Crippen molar-refractivity contribution in [3.8, 4) is 11.5 Å². The van der Waals surface area contributed by atoms with Crippen LogP contribution in [0.4, 0.5) is 11.4 Å². The van der Waals surface area contributed by atoms with Crippen LogP contribution in [0.2, 0.25) is 0 Å². The van der Waals surface area contributed by atoms with Crippen LogP contribution in [-0.2, 0) is 21.2 Å². The van der Waals surface area contributed by atoms with Crippen LogP contribution in [0, 0.1) is 6.92 Å². The van der Waals surface area contributed by atoms with Gasteiger partial charge in [0.2, 0.25) is 0 Å². The number of para-hydroxylation sites is 1. The number of carbonyl (C=O) groups is 1. The number of aryl methyl sites for hydroxylation is 2. The van der Waals surface area contributed by atoms with Gasteiger partial charge in [0.1, 0.15) is 11.5 Å². The van der Waals surface area contributed by atoms with Gasteiger partial charge in [-0.3, -0.25) is 9.10 Å². The van der Waals surface area contributed by atoms with Crippen molar-refractivity contribution >= 4 is 27.3 Å². The van der Waals surface area contributed by atoms with E-state index < -0.39 is 10.0 Å². The highest BCUT2D eigenvalue weighted by molar-refractivity contribution is 7.92. The van der Waals surface area contributed by atoms with Crippen LogP contribution in [0.25, 0.3) is 0 Å². The maximum absolute atomic E-state index is 13.5. The van der Waals surface area contributed by atoms with E-state index in [1.54, 1.807) is 32.2 Å². The maximum atomic E-state index is 13.5. The van der Waals surface area contributed by atoms with Crippen molar-refractivity contribution in [2.45, 2.75) is 24.7 Å². The zero-order chi connectivity index (χ0) is 26.7. The molecule has 0 radical (unpaired) electrons. The summed E-state index contributed by atoms with van der Waals surface area (Å²) < 4.78 is 39.5. The molecule has 200 valence electrons. The highest BCUT2D eigenvalue weighted by Gasteiger charge is 2.29. The molecule has 1 fully saturated rings. The van der Waals surface area contributed by atoms with Gasteiger partial charge in [-0.05, 0) is 79.4 Å². The summed E-state index contributed by atoms with van der Waals surface area (Å²) in [5.74, 6) is 1.24. The predicted molar refractivity (Wildman–Crippen MR) is 148 cm³/mol. The largest absolute Gasteiger partial charge is 0.497 e. The Bertz CT molecular complexity index is 1400. The molecule has 0 N–H and O–H groups in total. The van der Waals surface area contributed by atoms with Crippen molar-refractivity contribution in [2.75, 3.05) is 55.6 Å². The third-order valence-corrected chi connectivity index (χ3v) is 9.03. The van der Waals surface area contributed by atoms with Gasteiger partial charge in [0.25, 0.3) is 15.9 Å². The molecule has 2 aliphatic rings. The second-order valence-corrected chi connectivity index (χ2v) is 11.5. The molecule has 3 aromatic carbocycles. The summed E-state index contributed by atoms with van der Waals surface area (Å²) in [5.41, 5.74) is 3.57. The Hall–Kier alpha value is -3.72. The Morgan fingerprint density at radius 3 is 2.37 bits per heavy atom. The lowest BCUT2D eigenvalue weighted by Crippen LogP contribution is -2.50. The number of piperazine rings is 1. The van der Waals surface area contributed by atoms with E-state index in [4.69, 9.17) is 9.47 Å². The second-order valence-electron chi connectivity index (χ2n) is 9.59. The summed E-state index contributed by atoms with van der Waals surface area (Å²) in [6.07, 6.45) is 1.66. The van der Waals surface area contributed by atoms with Gasteiger partial charge in [-0.25, -0.2) is 8.42 Å². The number of ether oxygens (including phenoxy) is 2. The molecule has 1 amide bonds. The zero-order valence-electron chi connectivity index (χ0n) is 21.8. The first kappa shape index (κ1) is 25.9. The molecule has 5 rings (SSSR count). The van der Waals surface area contributed by atoms with Crippen LogP contribution in [0.5, 0.6) is 11.5 Å². The highest BCUT2D eigenvalue weighted by atomic mass is 32.2. The number of sulfonamides is 1. The number of hydrogen-bond acceptors (Lipinski definition) is 6. The fourth-order valence-corrected chi connectivity index (χ4v) is 6.68. The Morgan fingerprint density at radius 1 is 0.921 bits per heavy atom. The predicted octanol–water partition coefficient (Wildman–Crippen LogP) is 3.87. The number of benzene rings is 3. The van der Waals surface area contributed by atoms with Crippen LogP contribution in [0.15, 0.2) is 71.6 Å². The summed E-state index contributed by atoms with van der Waals surface area (Å²) in [5, 5.41) is 0. The summed E-state index contributed by atoms with van der Waals surface area (Å²) >= 11 is 0. The molecule has 0 aliphatic carbocycles. The molecule has 0 unspecified atom stereocenters. The minimum absolute atomic E-state index is 0.0830. The summed E-state index contributed by atoms with van der Waals surface area (Å²) in [7, 11) is -2.06. The van der Waals surface area contributed by atoms with E-state index in [-0.39, 0.29) is 17.4 Å².